The molecule has 170 valence electrons. The number of carbonyl (C=O) groups is 2. The molecule has 2 fully saturated rings. The molecule has 4 rings (SSSR count). The summed E-state index contributed by atoms with van der Waals surface area (Å²) in [6.07, 6.45) is 2.20. The molecule has 6 nitrogen and oxygen atoms in total. The van der Waals surface area contributed by atoms with Gasteiger partial charge in [-0.15, -0.1) is 0 Å². The minimum atomic E-state index is -1.11. The molecule has 2 aromatic rings. The molecule has 2 aliphatic rings. The Labute approximate surface area is 189 Å². The summed E-state index contributed by atoms with van der Waals surface area (Å²) >= 11 is 0. The zero-order chi connectivity index (χ0) is 22.8. The molecule has 3 atom stereocenters. The third kappa shape index (κ3) is 4.24. The number of nitrogens with zero attached hydrogens (tertiary/aromatic N) is 1. The van der Waals surface area contributed by atoms with Crippen molar-refractivity contribution in [3.05, 3.63) is 65.7 Å². The number of hydrogen-bond donors (Lipinski definition) is 1. The number of esters is 1. The summed E-state index contributed by atoms with van der Waals surface area (Å²) in [7, 11) is 1.62. The fourth-order valence-corrected chi connectivity index (χ4v) is 5.49. The van der Waals surface area contributed by atoms with Crippen LogP contribution >= 0.6 is 0 Å². The molecule has 0 bridgehead atoms. The summed E-state index contributed by atoms with van der Waals surface area (Å²) < 4.78 is 11.0. The number of ether oxygens (including phenoxy) is 2. The molecule has 1 unspecified atom stereocenters. The largest absolute Gasteiger partial charge is 0.497 e. The van der Waals surface area contributed by atoms with Crippen molar-refractivity contribution in [2.75, 3.05) is 20.2 Å². The predicted octanol–water partition coefficient (Wildman–Crippen LogP) is 3.25. The lowest BCUT2D eigenvalue weighted by Gasteiger charge is -2.57. The minimum Gasteiger partial charge on any atom is -0.497 e. The Balaban J connectivity index is 1.63. The first kappa shape index (κ1) is 22.3. The summed E-state index contributed by atoms with van der Waals surface area (Å²) in [6.45, 7) is 2.23. The maximum Gasteiger partial charge on any atom is 0.302 e. The van der Waals surface area contributed by atoms with Crippen LogP contribution in [0, 0.1) is 0 Å². The molecule has 1 N–H and O–H groups in total. The van der Waals surface area contributed by atoms with E-state index in [1.165, 1.54) is 6.92 Å². The Morgan fingerprint density at radius 1 is 1.12 bits per heavy atom. The maximum atomic E-state index is 13.1. The first-order valence-corrected chi connectivity index (χ1v) is 11.2. The second-order valence-electron chi connectivity index (χ2n) is 9.05. The molecule has 1 amide bonds. The average molecular weight is 438 g/mol. The van der Waals surface area contributed by atoms with Gasteiger partial charge < -0.3 is 19.5 Å². The number of likely N-dealkylation sites (tertiary alicyclic amines) is 1. The van der Waals surface area contributed by atoms with Gasteiger partial charge in [0.2, 0.25) is 5.91 Å². The van der Waals surface area contributed by atoms with Gasteiger partial charge in [0, 0.05) is 18.9 Å². The molecule has 0 radical (unpaired) electrons. The van der Waals surface area contributed by atoms with Gasteiger partial charge in [0.15, 0.2) is 0 Å². The number of piperidine rings is 1. The second kappa shape index (κ2) is 8.94. The van der Waals surface area contributed by atoms with Crippen LogP contribution in [0.25, 0.3) is 0 Å². The van der Waals surface area contributed by atoms with Gasteiger partial charge in [0.1, 0.15) is 11.9 Å². The van der Waals surface area contributed by atoms with Crippen LogP contribution in [0.2, 0.25) is 0 Å². The molecule has 32 heavy (non-hydrogen) atoms. The molecule has 1 saturated carbocycles. The van der Waals surface area contributed by atoms with Gasteiger partial charge in [-0.25, -0.2) is 0 Å². The summed E-state index contributed by atoms with van der Waals surface area (Å²) in [5, 5.41) is 12.0. The van der Waals surface area contributed by atoms with E-state index in [4.69, 9.17) is 9.47 Å². The molecule has 2 aromatic carbocycles. The van der Waals surface area contributed by atoms with E-state index in [0.717, 1.165) is 16.9 Å². The Morgan fingerprint density at radius 2 is 1.91 bits per heavy atom. The lowest BCUT2D eigenvalue weighted by atomic mass is 9.55. The van der Waals surface area contributed by atoms with E-state index in [1.807, 2.05) is 54.6 Å². The van der Waals surface area contributed by atoms with E-state index >= 15 is 0 Å². The van der Waals surface area contributed by atoms with Crippen LogP contribution in [0.5, 0.6) is 5.75 Å². The Bertz CT molecular complexity index is 977. The van der Waals surface area contributed by atoms with Crippen molar-refractivity contribution < 1.29 is 24.2 Å². The van der Waals surface area contributed by atoms with E-state index in [-0.39, 0.29) is 24.5 Å². The van der Waals surface area contributed by atoms with Crippen molar-refractivity contribution in [3.63, 3.8) is 0 Å². The Kier molecular flexibility index (Phi) is 6.24. The van der Waals surface area contributed by atoms with Gasteiger partial charge in [-0.1, -0.05) is 42.5 Å². The number of methoxy groups -OCH3 is 1. The van der Waals surface area contributed by atoms with Gasteiger partial charge in [0.25, 0.3) is 0 Å². The SMILES string of the molecule is COc1cccc([C@]23CCN(C(=O)Cc4ccccc4)C[C@]2(O)CCC(OC(C)=O)C3)c1. The highest BCUT2D eigenvalue weighted by Gasteiger charge is 2.58. The number of rotatable bonds is 5. The fraction of sp³-hybridized carbons (Fsp3) is 0.462. The number of carbonyl (C=O) groups excluding carboxylic acids is 2. The monoisotopic (exact) mass is 437 g/mol. The molecule has 6 heteroatoms. The standard InChI is InChI=1S/C26H31NO5/c1-19(28)32-23-11-12-26(30)18-27(24(29)15-20-7-4-3-5-8-20)14-13-25(26,17-23)21-9-6-10-22(16-21)31-2/h3-10,16,23,30H,11-15,17-18H2,1-2H3/t23?,25-,26-/m1/s1. The van der Waals surface area contributed by atoms with Crippen molar-refractivity contribution >= 4 is 11.9 Å². The van der Waals surface area contributed by atoms with Crippen LogP contribution < -0.4 is 4.74 Å². The molecule has 1 aliphatic heterocycles. The molecule has 1 saturated heterocycles. The Hall–Kier alpha value is -2.86. The quantitative estimate of drug-likeness (QED) is 0.727. The van der Waals surface area contributed by atoms with Crippen LogP contribution in [-0.2, 0) is 26.2 Å². The molecule has 0 spiro atoms. The predicted molar refractivity (Wildman–Crippen MR) is 120 cm³/mol. The number of hydrogen-bond acceptors (Lipinski definition) is 5. The van der Waals surface area contributed by atoms with Crippen LogP contribution in [0.15, 0.2) is 54.6 Å². The number of aliphatic hydroxyl groups is 1. The molecular weight excluding hydrogens is 406 g/mol. The van der Waals surface area contributed by atoms with Gasteiger partial charge >= 0.3 is 5.97 Å². The maximum absolute atomic E-state index is 13.1. The zero-order valence-electron chi connectivity index (χ0n) is 18.8. The molecule has 1 heterocycles. The normalized spacial score (nSPS) is 27.3. The minimum absolute atomic E-state index is 0.0194. The fourth-order valence-electron chi connectivity index (χ4n) is 5.49. The van der Waals surface area contributed by atoms with Gasteiger partial charge in [0.05, 0.1) is 25.7 Å². The van der Waals surface area contributed by atoms with Crippen LogP contribution in [0.3, 0.4) is 0 Å². The second-order valence-corrected chi connectivity index (χ2v) is 9.05. The third-order valence-corrected chi connectivity index (χ3v) is 7.11. The lowest BCUT2D eigenvalue weighted by molar-refractivity contribution is -0.172. The van der Waals surface area contributed by atoms with Gasteiger partial charge in [-0.05, 0) is 48.9 Å². The van der Waals surface area contributed by atoms with E-state index in [0.29, 0.717) is 38.6 Å². The number of benzene rings is 2. The van der Waals surface area contributed by atoms with E-state index in [1.54, 1.807) is 12.0 Å². The molecule has 0 aromatic heterocycles. The van der Waals surface area contributed by atoms with Crippen LogP contribution in [0.4, 0.5) is 0 Å². The van der Waals surface area contributed by atoms with E-state index < -0.39 is 11.0 Å². The zero-order valence-corrected chi connectivity index (χ0v) is 18.8. The lowest BCUT2D eigenvalue weighted by Crippen LogP contribution is -2.67. The highest BCUT2D eigenvalue weighted by molar-refractivity contribution is 5.79. The highest BCUT2D eigenvalue weighted by Crippen LogP contribution is 2.52. The van der Waals surface area contributed by atoms with Crippen molar-refractivity contribution in [1.82, 2.24) is 4.90 Å². The highest BCUT2D eigenvalue weighted by atomic mass is 16.5. The number of β-amino-alcohol motifs (C(OH)–C–C–N with tert-alkyl or cyclic N) is 1. The van der Waals surface area contributed by atoms with Crippen LogP contribution in [-0.4, -0.2) is 53.8 Å². The van der Waals surface area contributed by atoms with E-state index in [9.17, 15) is 14.7 Å². The van der Waals surface area contributed by atoms with Gasteiger partial charge in [-0.2, -0.15) is 0 Å². The average Bonchev–Trinajstić information content (AvgIpc) is 2.79. The van der Waals surface area contributed by atoms with E-state index in [2.05, 4.69) is 0 Å². The van der Waals surface area contributed by atoms with Crippen molar-refractivity contribution in [2.24, 2.45) is 0 Å². The number of fused-ring (bicyclic) bond motifs is 1. The number of amides is 1. The summed E-state index contributed by atoms with van der Waals surface area (Å²) in [5.41, 5.74) is 0.198. The first-order chi connectivity index (χ1) is 15.3. The van der Waals surface area contributed by atoms with Crippen molar-refractivity contribution in [2.45, 2.75) is 56.1 Å². The molecular formula is C26H31NO5. The summed E-state index contributed by atoms with van der Waals surface area (Å²) in [5.74, 6) is 0.430. The Morgan fingerprint density at radius 3 is 2.62 bits per heavy atom. The first-order valence-electron chi connectivity index (χ1n) is 11.2. The third-order valence-electron chi connectivity index (χ3n) is 7.11. The van der Waals surface area contributed by atoms with Crippen molar-refractivity contribution in [3.8, 4) is 5.75 Å². The topological polar surface area (TPSA) is 76.1 Å². The van der Waals surface area contributed by atoms with Gasteiger partial charge in [-0.3, -0.25) is 9.59 Å². The summed E-state index contributed by atoms with van der Waals surface area (Å²) in [4.78, 5) is 26.5. The summed E-state index contributed by atoms with van der Waals surface area (Å²) in [6, 6.07) is 17.4. The van der Waals surface area contributed by atoms with Crippen LogP contribution in [0.1, 0.15) is 43.7 Å². The smallest absolute Gasteiger partial charge is 0.302 e. The van der Waals surface area contributed by atoms with Crippen molar-refractivity contribution in [1.29, 1.82) is 0 Å². The molecule has 1 aliphatic carbocycles.